The number of hydrogen-bond donors (Lipinski definition) is 2. The Kier molecular flexibility index (Phi) is 5.33. The van der Waals surface area contributed by atoms with Crippen LogP contribution in [0.25, 0.3) is 0 Å². The van der Waals surface area contributed by atoms with Crippen molar-refractivity contribution in [3.63, 3.8) is 0 Å². The highest BCUT2D eigenvalue weighted by Gasteiger charge is 2.58. The Morgan fingerprint density at radius 1 is 1.42 bits per heavy atom. The zero-order valence-corrected chi connectivity index (χ0v) is 15.2. The number of anilines is 1. The number of carboxylic acid groups (broad SMARTS) is 1. The van der Waals surface area contributed by atoms with Crippen molar-refractivity contribution >= 4 is 17.6 Å². The number of rotatable bonds is 6. The van der Waals surface area contributed by atoms with Gasteiger partial charge in [-0.05, 0) is 44.9 Å². The molecule has 2 rings (SSSR count). The van der Waals surface area contributed by atoms with Crippen LogP contribution >= 0.6 is 0 Å². The van der Waals surface area contributed by atoms with Crippen LogP contribution in [0.2, 0.25) is 0 Å². The minimum absolute atomic E-state index is 0.111. The molecule has 0 bridgehead atoms. The SMILES string of the molecule is CCCNC(C)C1(C(=O)O)CN(c2c(C)cccc2C)C(=O)C1C. The van der Waals surface area contributed by atoms with Gasteiger partial charge < -0.3 is 15.3 Å². The number of para-hydroxylation sites is 1. The molecule has 0 radical (unpaired) electrons. The third-order valence-electron chi connectivity index (χ3n) is 5.41. The molecule has 3 unspecified atom stereocenters. The van der Waals surface area contributed by atoms with Crippen molar-refractivity contribution in [1.82, 2.24) is 5.32 Å². The largest absolute Gasteiger partial charge is 0.481 e. The summed E-state index contributed by atoms with van der Waals surface area (Å²) >= 11 is 0. The van der Waals surface area contributed by atoms with E-state index in [0.29, 0.717) is 0 Å². The number of amides is 1. The number of benzene rings is 1. The Balaban J connectivity index is 2.47. The lowest BCUT2D eigenvalue weighted by atomic mass is 9.73. The highest BCUT2D eigenvalue weighted by Crippen LogP contribution is 2.43. The van der Waals surface area contributed by atoms with Crippen molar-refractivity contribution in [2.75, 3.05) is 18.0 Å². The van der Waals surface area contributed by atoms with Crippen LogP contribution in [0.4, 0.5) is 5.69 Å². The molecule has 1 aromatic rings. The first kappa shape index (κ1) is 18.5. The van der Waals surface area contributed by atoms with Crippen LogP contribution in [-0.4, -0.2) is 36.1 Å². The van der Waals surface area contributed by atoms with Crippen molar-refractivity contribution in [3.8, 4) is 0 Å². The van der Waals surface area contributed by atoms with E-state index in [1.807, 2.05) is 45.9 Å². The van der Waals surface area contributed by atoms with Crippen LogP contribution in [0.15, 0.2) is 18.2 Å². The molecule has 3 atom stereocenters. The molecule has 0 saturated carbocycles. The van der Waals surface area contributed by atoms with Gasteiger partial charge in [0, 0.05) is 18.3 Å². The van der Waals surface area contributed by atoms with Gasteiger partial charge in [-0.15, -0.1) is 0 Å². The summed E-state index contributed by atoms with van der Waals surface area (Å²) < 4.78 is 0. The van der Waals surface area contributed by atoms with E-state index in [9.17, 15) is 14.7 Å². The fourth-order valence-corrected chi connectivity index (χ4v) is 3.84. The summed E-state index contributed by atoms with van der Waals surface area (Å²) in [5.74, 6) is -1.60. The second kappa shape index (κ2) is 6.93. The fourth-order valence-electron chi connectivity index (χ4n) is 3.84. The summed E-state index contributed by atoms with van der Waals surface area (Å²) in [6.07, 6.45) is 0.920. The maximum absolute atomic E-state index is 12.9. The molecule has 1 fully saturated rings. The van der Waals surface area contributed by atoms with Gasteiger partial charge in [0.25, 0.3) is 0 Å². The average Bonchev–Trinajstić information content (AvgIpc) is 2.79. The Bertz CT molecular complexity index is 623. The Morgan fingerprint density at radius 3 is 2.50 bits per heavy atom. The van der Waals surface area contributed by atoms with Gasteiger partial charge in [0.15, 0.2) is 0 Å². The van der Waals surface area contributed by atoms with Crippen LogP contribution in [-0.2, 0) is 9.59 Å². The van der Waals surface area contributed by atoms with Gasteiger partial charge in [0.1, 0.15) is 5.41 Å². The molecule has 5 nitrogen and oxygen atoms in total. The van der Waals surface area contributed by atoms with Gasteiger partial charge in [0.2, 0.25) is 5.91 Å². The van der Waals surface area contributed by atoms with Crippen molar-refractivity contribution in [2.45, 2.75) is 47.1 Å². The second-order valence-corrected chi connectivity index (χ2v) is 6.91. The van der Waals surface area contributed by atoms with Gasteiger partial charge in [-0.3, -0.25) is 9.59 Å². The average molecular weight is 332 g/mol. The lowest BCUT2D eigenvalue weighted by molar-refractivity contribution is -0.153. The standard InChI is InChI=1S/C19H28N2O3/c1-6-10-20-15(5)19(18(23)24)11-21(17(22)14(19)4)16-12(2)8-7-9-13(16)3/h7-9,14-15,20H,6,10-11H2,1-5H3,(H,23,24). The van der Waals surface area contributed by atoms with Crippen molar-refractivity contribution < 1.29 is 14.7 Å². The number of carbonyl (C=O) groups is 2. The van der Waals surface area contributed by atoms with E-state index in [2.05, 4.69) is 5.32 Å². The highest BCUT2D eigenvalue weighted by atomic mass is 16.4. The molecular formula is C19H28N2O3. The van der Waals surface area contributed by atoms with Crippen molar-refractivity contribution in [1.29, 1.82) is 0 Å². The molecule has 1 amide bonds. The highest BCUT2D eigenvalue weighted by molar-refractivity contribution is 6.03. The first-order chi connectivity index (χ1) is 11.3. The number of carbonyl (C=O) groups excluding carboxylic acids is 1. The Labute approximate surface area is 144 Å². The zero-order chi connectivity index (χ0) is 18.1. The van der Waals surface area contributed by atoms with E-state index in [1.165, 1.54) is 0 Å². The quantitative estimate of drug-likeness (QED) is 0.840. The molecule has 1 heterocycles. The molecule has 0 aromatic heterocycles. The van der Waals surface area contributed by atoms with Gasteiger partial charge >= 0.3 is 5.97 Å². The van der Waals surface area contributed by atoms with Gasteiger partial charge in [-0.1, -0.05) is 32.0 Å². The monoisotopic (exact) mass is 332 g/mol. The molecule has 1 aliphatic rings. The maximum Gasteiger partial charge on any atom is 0.313 e. The van der Waals surface area contributed by atoms with Crippen LogP contribution in [0.3, 0.4) is 0 Å². The normalized spacial score (nSPS) is 25.1. The zero-order valence-electron chi connectivity index (χ0n) is 15.2. The van der Waals surface area contributed by atoms with E-state index >= 15 is 0 Å². The summed E-state index contributed by atoms with van der Waals surface area (Å²) in [7, 11) is 0. The molecule has 1 aliphatic heterocycles. The minimum Gasteiger partial charge on any atom is -0.481 e. The topological polar surface area (TPSA) is 69.6 Å². The van der Waals surface area contributed by atoms with E-state index in [0.717, 1.165) is 29.8 Å². The van der Waals surface area contributed by atoms with Gasteiger partial charge in [-0.25, -0.2) is 0 Å². The third-order valence-corrected chi connectivity index (χ3v) is 5.41. The molecule has 0 aliphatic carbocycles. The van der Waals surface area contributed by atoms with Crippen LogP contribution < -0.4 is 10.2 Å². The van der Waals surface area contributed by atoms with Crippen molar-refractivity contribution in [2.24, 2.45) is 11.3 Å². The lowest BCUT2D eigenvalue weighted by Crippen LogP contribution is -2.53. The Hall–Kier alpha value is -1.88. The van der Waals surface area contributed by atoms with Crippen LogP contribution in [0.1, 0.15) is 38.3 Å². The maximum atomic E-state index is 12.9. The number of aryl methyl sites for hydroxylation is 2. The molecule has 24 heavy (non-hydrogen) atoms. The second-order valence-electron chi connectivity index (χ2n) is 6.91. The smallest absolute Gasteiger partial charge is 0.313 e. The minimum atomic E-state index is -1.12. The summed E-state index contributed by atoms with van der Waals surface area (Å²) in [6.45, 7) is 10.5. The lowest BCUT2D eigenvalue weighted by Gasteiger charge is -2.34. The van der Waals surface area contributed by atoms with E-state index in [1.54, 1.807) is 11.8 Å². The summed E-state index contributed by atoms with van der Waals surface area (Å²) in [4.78, 5) is 26.8. The fraction of sp³-hybridized carbons (Fsp3) is 0.579. The number of carboxylic acids is 1. The summed E-state index contributed by atoms with van der Waals surface area (Å²) in [5.41, 5.74) is 1.71. The molecular weight excluding hydrogens is 304 g/mol. The van der Waals surface area contributed by atoms with E-state index in [-0.39, 0.29) is 18.5 Å². The summed E-state index contributed by atoms with van der Waals surface area (Å²) in [6, 6.07) is 5.58. The molecule has 1 saturated heterocycles. The van der Waals surface area contributed by atoms with Crippen LogP contribution in [0, 0.1) is 25.2 Å². The van der Waals surface area contributed by atoms with E-state index in [4.69, 9.17) is 0 Å². The predicted molar refractivity (Wildman–Crippen MR) is 95.3 cm³/mol. The number of hydrogen-bond acceptors (Lipinski definition) is 3. The molecule has 1 aromatic carbocycles. The number of nitrogens with one attached hydrogen (secondary N) is 1. The molecule has 5 heteroatoms. The third kappa shape index (κ3) is 2.81. The molecule has 0 spiro atoms. The van der Waals surface area contributed by atoms with Crippen LogP contribution in [0.5, 0.6) is 0 Å². The van der Waals surface area contributed by atoms with Gasteiger partial charge in [-0.2, -0.15) is 0 Å². The van der Waals surface area contributed by atoms with Crippen molar-refractivity contribution in [3.05, 3.63) is 29.3 Å². The first-order valence-corrected chi connectivity index (χ1v) is 8.61. The van der Waals surface area contributed by atoms with Gasteiger partial charge in [0.05, 0.1) is 5.92 Å². The number of aliphatic carboxylic acids is 1. The Morgan fingerprint density at radius 2 is 2.00 bits per heavy atom. The van der Waals surface area contributed by atoms with E-state index < -0.39 is 17.3 Å². The first-order valence-electron chi connectivity index (χ1n) is 8.61. The predicted octanol–water partition coefficient (Wildman–Crippen LogP) is 2.75. The number of nitrogens with zero attached hydrogens (tertiary/aromatic N) is 1. The summed E-state index contributed by atoms with van der Waals surface area (Å²) in [5, 5.41) is 13.3. The molecule has 2 N–H and O–H groups in total. The molecule has 132 valence electrons.